The second-order valence-corrected chi connectivity index (χ2v) is 4.22. The van der Waals surface area contributed by atoms with E-state index in [4.69, 9.17) is 0 Å². The summed E-state index contributed by atoms with van der Waals surface area (Å²) in [7, 11) is 1.52. The molecule has 0 bridgehead atoms. The standard InChI is InChI=1S/C14H15NO2/c1-4-6-10-12-9(2)7-5-8-11(12)14(17)15(3)13(10)16/h4,6,8H,2,5,7H2,1,3H3/b6-4-. The van der Waals surface area contributed by atoms with Gasteiger partial charge in [-0.25, -0.2) is 0 Å². The summed E-state index contributed by atoms with van der Waals surface area (Å²) in [6, 6.07) is 0. The summed E-state index contributed by atoms with van der Waals surface area (Å²) in [6.45, 7) is 5.82. The lowest BCUT2D eigenvalue weighted by Crippen LogP contribution is -2.40. The van der Waals surface area contributed by atoms with Crippen molar-refractivity contribution in [2.75, 3.05) is 7.05 Å². The van der Waals surface area contributed by atoms with Crippen LogP contribution in [-0.2, 0) is 9.59 Å². The van der Waals surface area contributed by atoms with Crippen molar-refractivity contribution in [3.05, 3.63) is 47.1 Å². The molecule has 2 amide bonds. The van der Waals surface area contributed by atoms with Crippen LogP contribution >= 0.6 is 0 Å². The molecule has 1 heterocycles. The molecule has 0 spiro atoms. The molecule has 1 aliphatic carbocycles. The third-order valence-corrected chi connectivity index (χ3v) is 3.09. The number of hydrogen-bond acceptors (Lipinski definition) is 2. The number of imide groups is 1. The normalized spacial score (nSPS) is 21.2. The Morgan fingerprint density at radius 1 is 1.35 bits per heavy atom. The van der Waals surface area contributed by atoms with Crippen molar-refractivity contribution in [1.29, 1.82) is 0 Å². The highest BCUT2D eigenvalue weighted by Gasteiger charge is 2.35. The lowest BCUT2D eigenvalue weighted by Gasteiger charge is -2.30. The van der Waals surface area contributed by atoms with Gasteiger partial charge in [-0.3, -0.25) is 14.5 Å². The van der Waals surface area contributed by atoms with E-state index in [2.05, 4.69) is 6.58 Å². The molecule has 0 atom stereocenters. The number of allylic oxidation sites excluding steroid dienone is 3. The van der Waals surface area contributed by atoms with Gasteiger partial charge in [0, 0.05) is 23.8 Å². The number of likely N-dealkylation sites (N-methyl/N-ethyl adjacent to an activating group) is 1. The van der Waals surface area contributed by atoms with Crippen molar-refractivity contribution < 1.29 is 9.59 Å². The van der Waals surface area contributed by atoms with Crippen LogP contribution in [0.4, 0.5) is 0 Å². The first-order valence-electron chi connectivity index (χ1n) is 5.66. The summed E-state index contributed by atoms with van der Waals surface area (Å²) in [4.78, 5) is 25.2. The third kappa shape index (κ3) is 1.68. The molecule has 2 rings (SSSR count). The molecule has 0 aromatic carbocycles. The van der Waals surface area contributed by atoms with Crippen molar-refractivity contribution in [2.45, 2.75) is 19.8 Å². The van der Waals surface area contributed by atoms with Gasteiger partial charge in [0.05, 0.1) is 0 Å². The van der Waals surface area contributed by atoms with Crippen LogP contribution in [0, 0.1) is 0 Å². The zero-order valence-electron chi connectivity index (χ0n) is 10.1. The van der Waals surface area contributed by atoms with Gasteiger partial charge < -0.3 is 0 Å². The molecular formula is C14H15NO2. The molecule has 3 nitrogen and oxygen atoms in total. The Labute approximate surface area is 101 Å². The van der Waals surface area contributed by atoms with Crippen LogP contribution < -0.4 is 0 Å². The summed E-state index contributed by atoms with van der Waals surface area (Å²) < 4.78 is 0. The van der Waals surface area contributed by atoms with E-state index in [1.807, 2.05) is 19.1 Å². The van der Waals surface area contributed by atoms with Crippen LogP contribution in [0.2, 0.25) is 0 Å². The van der Waals surface area contributed by atoms with Crippen LogP contribution in [0.15, 0.2) is 47.1 Å². The Kier molecular flexibility index (Phi) is 2.84. The van der Waals surface area contributed by atoms with Crippen LogP contribution in [-0.4, -0.2) is 23.8 Å². The molecule has 0 aromatic heterocycles. The maximum absolute atomic E-state index is 12.1. The average Bonchev–Trinajstić information content (AvgIpc) is 2.32. The van der Waals surface area contributed by atoms with Gasteiger partial charge in [-0.1, -0.05) is 24.8 Å². The van der Waals surface area contributed by atoms with E-state index >= 15 is 0 Å². The van der Waals surface area contributed by atoms with E-state index in [1.165, 1.54) is 11.9 Å². The molecule has 0 saturated carbocycles. The van der Waals surface area contributed by atoms with Gasteiger partial charge in [-0.05, 0) is 25.3 Å². The Bertz CT molecular complexity index is 506. The smallest absolute Gasteiger partial charge is 0.261 e. The first-order valence-corrected chi connectivity index (χ1v) is 5.66. The Balaban J connectivity index is 2.70. The SMILES string of the molecule is C=C1CCC=C2C(=O)N(C)C(=O)C(/C=C\C)=C12. The minimum absolute atomic E-state index is 0.223. The predicted molar refractivity (Wildman–Crippen MR) is 66.1 cm³/mol. The Morgan fingerprint density at radius 2 is 2.06 bits per heavy atom. The zero-order valence-corrected chi connectivity index (χ0v) is 10.1. The van der Waals surface area contributed by atoms with Gasteiger partial charge in [0.25, 0.3) is 11.8 Å². The van der Waals surface area contributed by atoms with Crippen LogP contribution in [0.1, 0.15) is 19.8 Å². The van der Waals surface area contributed by atoms with Gasteiger partial charge >= 0.3 is 0 Å². The number of carbonyl (C=O) groups excluding carboxylic acids is 2. The fourth-order valence-corrected chi connectivity index (χ4v) is 2.22. The molecular weight excluding hydrogens is 214 g/mol. The minimum Gasteiger partial charge on any atom is -0.277 e. The molecule has 0 radical (unpaired) electrons. The van der Waals surface area contributed by atoms with E-state index in [-0.39, 0.29) is 11.8 Å². The third-order valence-electron chi connectivity index (χ3n) is 3.09. The molecule has 1 aliphatic heterocycles. The summed E-state index contributed by atoms with van der Waals surface area (Å²) in [5.74, 6) is -0.470. The fourth-order valence-electron chi connectivity index (χ4n) is 2.22. The van der Waals surface area contributed by atoms with Gasteiger partial charge in [0.15, 0.2) is 0 Å². The molecule has 0 unspecified atom stereocenters. The highest BCUT2D eigenvalue weighted by Crippen LogP contribution is 2.35. The summed E-state index contributed by atoms with van der Waals surface area (Å²) in [6.07, 6.45) is 7.09. The van der Waals surface area contributed by atoms with Crippen molar-refractivity contribution in [3.63, 3.8) is 0 Å². The number of carbonyl (C=O) groups is 2. The Hall–Kier alpha value is -1.90. The summed E-state index contributed by atoms with van der Waals surface area (Å²) in [5.41, 5.74) is 2.81. The van der Waals surface area contributed by atoms with E-state index in [1.54, 1.807) is 6.08 Å². The topological polar surface area (TPSA) is 37.4 Å². The first kappa shape index (κ1) is 11.6. The van der Waals surface area contributed by atoms with Crippen molar-refractivity contribution >= 4 is 11.8 Å². The van der Waals surface area contributed by atoms with Crippen LogP contribution in [0.3, 0.4) is 0 Å². The molecule has 0 aromatic rings. The van der Waals surface area contributed by atoms with Gasteiger partial charge in [0.2, 0.25) is 0 Å². The summed E-state index contributed by atoms with van der Waals surface area (Å²) in [5, 5.41) is 0. The fraction of sp³-hybridized carbons (Fsp3) is 0.286. The van der Waals surface area contributed by atoms with Crippen molar-refractivity contribution in [3.8, 4) is 0 Å². The number of amides is 2. The second-order valence-electron chi connectivity index (χ2n) is 4.22. The molecule has 2 aliphatic rings. The van der Waals surface area contributed by atoms with E-state index in [0.29, 0.717) is 11.1 Å². The molecule has 3 heteroatoms. The molecule has 0 saturated heterocycles. The second kappa shape index (κ2) is 4.17. The number of rotatable bonds is 1. The van der Waals surface area contributed by atoms with E-state index < -0.39 is 0 Å². The monoisotopic (exact) mass is 229 g/mol. The Morgan fingerprint density at radius 3 is 2.71 bits per heavy atom. The van der Waals surface area contributed by atoms with Crippen molar-refractivity contribution in [2.24, 2.45) is 0 Å². The average molecular weight is 229 g/mol. The first-order chi connectivity index (χ1) is 8.07. The molecule has 88 valence electrons. The van der Waals surface area contributed by atoms with Crippen LogP contribution in [0.25, 0.3) is 0 Å². The number of fused-ring (bicyclic) bond motifs is 1. The number of nitrogens with zero attached hydrogens (tertiary/aromatic N) is 1. The van der Waals surface area contributed by atoms with Gasteiger partial charge in [-0.2, -0.15) is 0 Å². The largest absolute Gasteiger partial charge is 0.277 e. The predicted octanol–water partition coefficient (Wildman–Crippen LogP) is 2.13. The highest BCUT2D eigenvalue weighted by molar-refractivity contribution is 6.18. The van der Waals surface area contributed by atoms with Crippen molar-refractivity contribution in [1.82, 2.24) is 4.90 Å². The highest BCUT2D eigenvalue weighted by atomic mass is 16.2. The maximum atomic E-state index is 12.1. The molecule has 17 heavy (non-hydrogen) atoms. The number of hydrogen-bond donors (Lipinski definition) is 0. The van der Waals surface area contributed by atoms with E-state index in [0.717, 1.165) is 24.0 Å². The maximum Gasteiger partial charge on any atom is 0.261 e. The van der Waals surface area contributed by atoms with E-state index in [9.17, 15) is 9.59 Å². The molecule has 0 fully saturated rings. The summed E-state index contributed by atoms with van der Waals surface area (Å²) >= 11 is 0. The zero-order chi connectivity index (χ0) is 12.6. The lowest BCUT2D eigenvalue weighted by molar-refractivity contribution is -0.138. The quantitative estimate of drug-likeness (QED) is 0.646. The van der Waals surface area contributed by atoms with Gasteiger partial charge in [0.1, 0.15) is 0 Å². The van der Waals surface area contributed by atoms with Gasteiger partial charge in [-0.15, -0.1) is 0 Å². The minimum atomic E-state index is -0.247. The van der Waals surface area contributed by atoms with Crippen LogP contribution in [0.5, 0.6) is 0 Å². The lowest BCUT2D eigenvalue weighted by atomic mass is 9.82. The molecule has 0 N–H and O–H groups in total.